The van der Waals surface area contributed by atoms with Crippen LogP contribution in [-0.2, 0) is 10.0 Å². The van der Waals surface area contributed by atoms with E-state index < -0.39 is 10.0 Å². The van der Waals surface area contributed by atoms with Crippen LogP contribution in [0.2, 0.25) is 0 Å². The average Bonchev–Trinajstić information content (AvgIpc) is 3.16. The number of hydrogen-bond donors (Lipinski definition) is 1. The molecule has 7 heteroatoms. The lowest BCUT2D eigenvalue weighted by Gasteiger charge is -2.30. The number of pyridine rings is 1. The van der Waals surface area contributed by atoms with Crippen molar-refractivity contribution >= 4 is 15.8 Å². The Kier molecular flexibility index (Phi) is 6.30. The van der Waals surface area contributed by atoms with Crippen molar-refractivity contribution in [1.82, 2.24) is 14.2 Å². The summed E-state index contributed by atoms with van der Waals surface area (Å²) in [5.74, 6) is 1.61. The van der Waals surface area contributed by atoms with Crippen molar-refractivity contribution in [3.05, 3.63) is 18.3 Å². The molecule has 0 aromatic carbocycles. The molecule has 1 N–H and O–H groups in total. The van der Waals surface area contributed by atoms with Crippen molar-refractivity contribution in [2.24, 2.45) is 5.92 Å². The minimum atomic E-state index is -3.36. The van der Waals surface area contributed by atoms with Crippen molar-refractivity contribution in [3.63, 3.8) is 0 Å². The summed E-state index contributed by atoms with van der Waals surface area (Å²) >= 11 is 0. The molecule has 25 heavy (non-hydrogen) atoms. The molecule has 0 radical (unpaired) electrons. The largest absolute Gasteiger partial charge is 0.370 e. The zero-order chi connectivity index (χ0) is 17.7. The van der Waals surface area contributed by atoms with Gasteiger partial charge in [-0.25, -0.2) is 13.4 Å². The SMILES string of the molecule is CC1CCN(CCCNc2ccc(S(=O)(=O)N3CCCC3)cn2)CC1. The van der Waals surface area contributed by atoms with Crippen LogP contribution in [0.1, 0.15) is 39.0 Å². The summed E-state index contributed by atoms with van der Waals surface area (Å²) in [6, 6.07) is 3.43. The van der Waals surface area contributed by atoms with Gasteiger partial charge in [-0.1, -0.05) is 6.92 Å². The first-order valence-corrected chi connectivity index (χ1v) is 10.9. The molecule has 1 aromatic rings. The van der Waals surface area contributed by atoms with E-state index in [0.29, 0.717) is 18.0 Å². The fourth-order valence-corrected chi connectivity index (χ4v) is 4.98. The molecule has 0 spiro atoms. The Morgan fingerprint density at radius 3 is 2.52 bits per heavy atom. The highest BCUT2D eigenvalue weighted by Crippen LogP contribution is 2.21. The van der Waals surface area contributed by atoms with Gasteiger partial charge in [0.15, 0.2) is 0 Å². The summed E-state index contributed by atoms with van der Waals surface area (Å²) in [5.41, 5.74) is 0. The fraction of sp³-hybridized carbons (Fsp3) is 0.722. The van der Waals surface area contributed by atoms with Crippen molar-refractivity contribution in [3.8, 4) is 0 Å². The molecule has 2 fully saturated rings. The number of nitrogens with one attached hydrogen (secondary N) is 1. The van der Waals surface area contributed by atoms with Gasteiger partial charge in [-0.2, -0.15) is 4.31 Å². The number of rotatable bonds is 7. The highest BCUT2D eigenvalue weighted by atomic mass is 32.2. The molecular formula is C18H30N4O2S. The first-order valence-electron chi connectivity index (χ1n) is 9.48. The molecule has 1 aromatic heterocycles. The third-order valence-electron chi connectivity index (χ3n) is 5.27. The predicted octanol–water partition coefficient (Wildman–Crippen LogP) is 2.40. The first-order chi connectivity index (χ1) is 12.1. The Bertz CT molecular complexity index is 634. The van der Waals surface area contributed by atoms with Crippen molar-refractivity contribution in [2.45, 2.75) is 43.9 Å². The maximum atomic E-state index is 12.5. The third kappa shape index (κ3) is 4.92. The highest BCUT2D eigenvalue weighted by Gasteiger charge is 2.27. The fourth-order valence-electron chi connectivity index (χ4n) is 3.52. The molecule has 140 valence electrons. The van der Waals surface area contributed by atoms with Gasteiger partial charge in [-0.05, 0) is 69.8 Å². The predicted molar refractivity (Wildman–Crippen MR) is 100 cm³/mol. The zero-order valence-electron chi connectivity index (χ0n) is 15.2. The Labute approximate surface area is 151 Å². The Morgan fingerprint density at radius 1 is 1.16 bits per heavy atom. The Morgan fingerprint density at radius 2 is 1.88 bits per heavy atom. The van der Waals surface area contributed by atoms with Crippen LogP contribution < -0.4 is 5.32 Å². The lowest BCUT2D eigenvalue weighted by atomic mass is 9.99. The monoisotopic (exact) mass is 366 g/mol. The normalized spacial score (nSPS) is 20.8. The van der Waals surface area contributed by atoms with Crippen LogP contribution in [0.4, 0.5) is 5.82 Å². The minimum absolute atomic E-state index is 0.294. The van der Waals surface area contributed by atoms with Gasteiger partial charge in [0.1, 0.15) is 10.7 Å². The smallest absolute Gasteiger partial charge is 0.244 e. The highest BCUT2D eigenvalue weighted by molar-refractivity contribution is 7.89. The van der Waals surface area contributed by atoms with E-state index in [4.69, 9.17) is 0 Å². The molecule has 3 rings (SSSR count). The average molecular weight is 367 g/mol. The summed E-state index contributed by atoms with van der Waals surface area (Å²) < 4.78 is 26.5. The van der Waals surface area contributed by atoms with Gasteiger partial charge in [0, 0.05) is 25.8 Å². The number of nitrogens with zero attached hydrogens (tertiary/aromatic N) is 3. The van der Waals surface area contributed by atoms with E-state index in [1.807, 2.05) is 0 Å². The standard InChI is InChI=1S/C18H30N4O2S/c1-16-7-13-21(14-8-16)10-4-9-19-18-6-5-17(15-20-18)25(23,24)22-11-2-3-12-22/h5-6,15-16H,2-4,7-14H2,1H3,(H,19,20). The molecule has 0 unspecified atom stereocenters. The lowest BCUT2D eigenvalue weighted by Crippen LogP contribution is -2.34. The summed E-state index contributed by atoms with van der Waals surface area (Å²) in [6.45, 7) is 7.97. The van der Waals surface area contributed by atoms with Crippen LogP contribution in [0, 0.1) is 5.92 Å². The molecule has 0 bridgehead atoms. The van der Waals surface area contributed by atoms with Gasteiger partial charge in [-0.3, -0.25) is 0 Å². The molecule has 0 amide bonds. The number of likely N-dealkylation sites (tertiary alicyclic amines) is 1. The molecule has 0 saturated carbocycles. The third-order valence-corrected chi connectivity index (χ3v) is 7.15. The first kappa shape index (κ1) is 18.6. The Hall–Kier alpha value is -1.18. The van der Waals surface area contributed by atoms with E-state index in [0.717, 1.165) is 44.1 Å². The number of anilines is 1. The van der Waals surface area contributed by atoms with Crippen LogP contribution in [-0.4, -0.2) is 61.9 Å². The molecule has 2 saturated heterocycles. The molecule has 2 aliphatic rings. The summed E-state index contributed by atoms with van der Waals surface area (Å²) in [5, 5.41) is 3.30. The van der Waals surface area contributed by atoms with Gasteiger partial charge >= 0.3 is 0 Å². The van der Waals surface area contributed by atoms with Gasteiger partial charge in [0.25, 0.3) is 0 Å². The lowest BCUT2D eigenvalue weighted by molar-refractivity contribution is 0.192. The van der Waals surface area contributed by atoms with E-state index >= 15 is 0 Å². The second-order valence-electron chi connectivity index (χ2n) is 7.29. The van der Waals surface area contributed by atoms with Crippen LogP contribution in [0.25, 0.3) is 0 Å². The van der Waals surface area contributed by atoms with E-state index in [2.05, 4.69) is 22.1 Å². The molecule has 2 aliphatic heterocycles. The van der Waals surface area contributed by atoms with Crippen molar-refractivity contribution in [1.29, 1.82) is 0 Å². The zero-order valence-corrected chi connectivity index (χ0v) is 16.0. The van der Waals surface area contributed by atoms with Crippen LogP contribution >= 0.6 is 0 Å². The molecule has 3 heterocycles. The molecular weight excluding hydrogens is 336 g/mol. The van der Waals surface area contributed by atoms with E-state index in [1.165, 1.54) is 32.1 Å². The quantitative estimate of drug-likeness (QED) is 0.751. The number of piperidine rings is 1. The van der Waals surface area contributed by atoms with Crippen LogP contribution in [0.3, 0.4) is 0 Å². The van der Waals surface area contributed by atoms with Crippen LogP contribution in [0.15, 0.2) is 23.2 Å². The topological polar surface area (TPSA) is 65.5 Å². The number of hydrogen-bond acceptors (Lipinski definition) is 5. The molecule has 0 atom stereocenters. The van der Waals surface area contributed by atoms with Gasteiger partial charge in [0.05, 0.1) is 0 Å². The molecule has 6 nitrogen and oxygen atoms in total. The van der Waals surface area contributed by atoms with Crippen molar-refractivity contribution in [2.75, 3.05) is 44.6 Å². The second kappa shape index (κ2) is 8.47. The number of aromatic nitrogens is 1. The molecule has 0 aliphatic carbocycles. The summed E-state index contributed by atoms with van der Waals surface area (Å²) in [4.78, 5) is 7.10. The van der Waals surface area contributed by atoms with Gasteiger partial charge in [-0.15, -0.1) is 0 Å². The van der Waals surface area contributed by atoms with Gasteiger partial charge in [0.2, 0.25) is 10.0 Å². The van der Waals surface area contributed by atoms with E-state index in [1.54, 1.807) is 16.4 Å². The summed E-state index contributed by atoms with van der Waals surface area (Å²) in [7, 11) is -3.36. The maximum Gasteiger partial charge on any atom is 0.244 e. The van der Waals surface area contributed by atoms with E-state index in [-0.39, 0.29) is 0 Å². The Balaban J connectivity index is 1.43. The second-order valence-corrected chi connectivity index (χ2v) is 9.23. The minimum Gasteiger partial charge on any atom is -0.370 e. The van der Waals surface area contributed by atoms with Gasteiger partial charge < -0.3 is 10.2 Å². The van der Waals surface area contributed by atoms with Crippen LogP contribution in [0.5, 0.6) is 0 Å². The van der Waals surface area contributed by atoms with E-state index in [9.17, 15) is 8.42 Å². The summed E-state index contributed by atoms with van der Waals surface area (Å²) in [6.07, 6.45) is 7.06. The maximum absolute atomic E-state index is 12.5. The van der Waals surface area contributed by atoms with Crippen molar-refractivity contribution < 1.29 is 8.42 Å². The number of sulfonamides is 1.